The number of fused-ring (bicyclic) bond motifs is 1. The molecule has 28 heavy (non-hydrogen) atoms. The van der Waals surface area contributed by atoms with Crippen LogP contribution in [0.1, 0.15) is 35.3 Å². The zero-order chi connectivity index (χ0) is 19.5. The predicted octanol–water partition coefficient (Wildman–Crippen LogP) is 2.76. The van der Waals surface area contributed by atoms with Crippen LogP contribution in [0.15, 0.2) is 55.2 Å². The molecule has 144 valence electrons. The van der Waals surface area contributed by atoms with Gasteiger partial charge in [0.15, 0.2) is 6.29 Å². The lowest BCUT2D eigenvalue weighted by Crippen LogP contribution is -2.13. The standard InChI is InChI=1S/C21H23N5O2/c1-26(20-7-9-23-13-25-20)16-4-5-17-14(10-16)2-3-15(17)11-24-19-12-22-8-6-18(19)21(27)28/h4-10,12-13,15,21,24,27-28H,2-3,11H2,1H3/t15-/m0/s1. The monoisotopic (exact) mass is 377 g/mol. The van der Waals surface area contributed by atoms with E-state index >= 15 is 0 Å². The number of hydrogen-bond acceptors (Lipinski definition) is 7. The van der Waals surface area contributed by atoms with E-state index in [2.05, 4.69) is 43.4 Å². The molecule has 0 radical (unpaired) electrons. The van der Waals surface area contributed by atoms with Gasteiger partial charge in [0.05, 0.1) is 11.9 Å². The fourth-order valence-electron chi connectivity index (χ4n) is 3.74. The predicted molar refractivity (Wildman–Crippen MR) is 108 cm³/mol. The summed E-state index contributed by atoms with van der Waals surface area (Å²) in [5.74, 6) is 1.23. The van der Waals surface area contributed by atoms with E-state index in [1.807, 2.05) is 13.1 Å². The molecule has 2 aromatic heterocycles. The van der Waals surface area contributed by atoms with Crippen molar-refractivity contribution < 1.29 is 10.2 Å². The van der Waals surface area contributed by atoms with Crippen LogP contribution in [0.3, 0.4) is 0 Å². The van der Waals surface area contributed by atoms with Gasteiger partial charge in [0.1, 0.15) is 12.1 Å². The highest BCUT2D eigenvalue weighted by Crippen LogP contribution is 2.36. The topological polar surface area (TPSA) is 94.4 Å². The Labute approximate surface area is 163 Å². The van der Waals surface area contributed by atoms with Crippen LogP contribution < -0.4 is 10.2 Å². The first-order valence-electron chi connectivity index (χ1n) is 9.30. The summed E-state index contributed by atoms with van der Waals surface area (Å²) in [6.07, 6.45) is 7.04. The number of aliphatic hydroxyl groups is 2. The summed E-state index contributed by atoms with van der Waals surface area (Å²) in [6.45, 7) is 0.722. The number of hydrogen-bond donors (Lipinski definition) is 3. The Morgan fingerprint density at radius 1 is 1.18 bits per heavy atom. The maximum Gasteiger partial charge on any atom is 0.180 e. The van der Waals surface area contributed by atoms with Crippen molar-refractivity contribution in [1.82, 2.24) is 15.0 Å². The number of aromatic nitrogens is 3. The Hall–Kier alpha value is -3.03. The summed E-state index contributed by atoms with van der Waals surface area (Å²) >= 11 is 0. The second-order valence-corrected chi connectivity index (χ2v) is 6.96. The van der Waals surface area contributed by atoms with E-state index in [9.17, 15) is 10.2 Å². The average Bonchev–Trinajstić information content (AvgIpc) is 3.14. The largest absolute Gasteiger partial charge is 0.383 e. The van der Waals surface area contributed by atoms with Crippen LogP contribution in [0, 0.1) is 0 Å². The molecule has 1 atom stereocenters. The number of aryl methyl sites for hydroxylation is 1. The Morgan fingerprint density at radius 2 is 2.04 bits per heavy atom. The molecular formula is C21H23N5O2. The Kier molecular flexibility index (Phi) is 5.18. The molecule has 0 amide bonds. The first-order valence-corrected chi connectivity index (χ1v) is 9.30. The quantitative estimate of drug-likeness (QED) is 0.569. The van der Waals surface area contributed by atoms with E-state index in [0.29, 0.717) is 17.2 Å². The van der Waals surface area contributed by atoms with Crippen molar-refractivity contribution in [3.05, 3.63) is 71.9 Å². The number of anilines is 3. The van der Waals surface area contributed by atoms with Crippen molar-refractivity contribution in [2.75, 3.05) is 23.8 Å². The second kappa shape index (κ2) is 7.92. The molecule has 0 bridgehead atoms. The molecule has 2 heterocycles. The Bertz CT molecular complexity index is 949. The first kappa shape index (κ1) is 18.3. The summed E-state index contributed by atoms with van der Waals surface area (Å²) in [7, 11) is 2.00. The van der Waals surface area contributed by atoms with Gasteiger partial charge < -0.3 is 20.4 Å². The van der Waals surface area contributed by atoms with Gasteiger partial charge in [-0.25, -0.2) is 9.97 Å². The van der Waals surface area contributed by atoms with E-state index in [1.165, 1.54) is 11.1 Å². The summed E-state index contributed by atoms with van der Waals surface area (Å²) in [5, 5.41) is 22.3. The minimum Gasteiger partial charge on any atom is -0.383 e. The van der Waals surface area contributed by atoms with Crippen LogP contribution in [0.2, 0.25) is 0 Å². The Morgan fingerprint density at radius 3 is 2.82 bits per heavy atom. The lowest BCUT2D eigenvalue weighted by Gasteiger charge is -2.20. The van der Waals surface area contributed by atoms with Crippen LogP contribution in [-0.4, -0.2) is 38.8 Å². The summed E-state index contributed by atoms with van der Waals surface area (Å²) in [6, 6.07) is 10.0. The molecule has 1 aliphatic carbocycles. The van der Waals surface area contributed by atoms with E-state index in [-0.39, 0.29) is 0 Å². The number of nitrogens with zero attached hydrogens (tertiary/aromatic N) is 4. The maximum atomic E-state index is 9.50. The minimum atomic E-state index is -1.51. The highest BCUT2D eigenvalue weighted by Gasteiger charge is 2.23. The smallest absolute Gasteiger partial charge is 0.180 e. The minimum absolute atomic E-state index is 0.372. The number of aliphatic hydroxyl groups excluding tert-OH is 1. The molecule has 0 saturated heterocycles. The van der Waals surface area contributed by atoms with Crippen molar-refractivity contribution in [3.63, 3.8) is 0 Å². The van der Waals surface area contributed by atoms with Gasteiger partial charge in [-0.1, -0.05) is 6.07 Å². The van der Waals surface area contributed by atoms with Crippen molar-refractivity contribution in [2.24, 2.45) is 0 Å². The van der Waals surface area contributed by atoms with E-state index in [4.69, 9.17) is 0 Å². The van der Waals surface area contributed by atoms with Crippen molar-refractivity contribution in [1.29, 1.82) is 0 Å². The van der Waals surface area contributed by atoms with Gasteiger partial charge >= 0.3 is 0 Å². The molecule has 4 rings (SSSR count). The third kappa shape index (κ3) is 3.67. The fourth-order valence-corrected chi connectivity index (χ4v) is 3.74. The lowest BCUT2D eigenvalue weighted by atomic mass is 10.0. The molecule has 3 N–H and O–H groups in total. The van der Waals surface area contributed by atoms with Gasteiger partial charge in [-0.2, -0.15) is 0 Å². The zero-order valence-electron chi connectivity index (χ0n) is 15.7. The zero-order valence-corrected chi connectivity index (χ0v) is 15.7. The molecule has 7 heteroatoms. The second-order valence-electron chi connectivity index (χ2n) is 6.96. The summed E-state index contributed by atoms with van der Waals surface area (Å²) in [4.78, 5) is 14.4. The van der Waals surface area contributed by atoms with Crippen molar-refractivity contribution in [3.8, 4) is 0 Å². The molecule has 7 nitrogen and oxygen atoms in total. The molecule has 0 aliphatic heterocycles. The molecule has 0 saturated carbocycles. The van der Waals surface area contributed by atoms with E-state index in [0.717, 1.165) is 30.9 Å². The third-order valence-electron chi connectivity index (χ3n) is 5.30. The average molecular weight is 377 g/mol. The molecule has 3 aromatic rings. The highest BCUT2D eigenvalue weighted by molar-refractivity contribution is 5.61. The lowest BCUT2D eigenvalue weighted by molar-refractivity contribution is -0.0419. The van der Waals surface area contributed by atoms with Crippen molar-refractivity contribution >= 4 is 17.2 Å². The normalized spacial score (nSPS) is 15.5. The summed E-state index contributed by atoms with van der Waals surface area (Å²) < 4.78 is 0. The van der Waals surface area contributed by atoms with Crippen LogP contribution in [0.4, 0.5) is 17.2 Å². The number of pyridine rings is 1. The van der Waals surface area contributed by atoms with Crippen LogP contribution in [0.25, 0.3) is 0 Å². The number of benzene rings is 1. The molecular weight excluding hydrogens is 354 g/mol. The molecule has 1 aliphatic rings. The fraction of sp³-hybridized carbons (Fsp3) is 0.286. The van der Waals surface area contributed by atoms with Gasteiger partial charge in [-0.05, 0) is 48.2 Å². The summed E-state index contributed by atoms with van der Waals surface area (Å²) in [5.41, 5.74) is 4.88. The molecule has 0 spiro atoms. The highest BCUT2D eigenvalue weighted by atomic mass is 16.5. The maximum absolute atomic E-state index is 9.50. The molecule has 0 unspecified atom stereocenters. The van der Waals surface area contributed by atoms with Crippen LogP contribution in [0.5, 0.6) is 0 Å². The third-order valence-corrected chi connectivity index (χ3v) is 5.30. The van der Waals surface area contributed by atoms with Crippen LogP contribution in [-0.2, 0) is 6.42 Å². The number of rotatable bonds is 6. The molecule has 1 aromatic carbocycles. The Balaban J connectivity index is 1.48. The van der Waals surface area contributed by atoms with E-state index in [1.54, 1.807) is 31.0 Å². The van der Waals surface area contributed by atoms with Crippen molar-refractivity contribution in [2.45, 2.75) is 25.0 Å². The van der Waals surface area contributed by atoms with Gasteiger partial charge in [0.2, 0.25) is 0 Å². The SMILES string of the molecule is CN(c1ccc2c(c1)CC[C@H]2CNc1cnccc1C(O)O)c1ccncn1. The van der Waals surface area contributed by atoms with Gasteiger partial charge in [-0.15, -0.1) is 0 Å². The van der Waals surface area contributed by atoms with Gasteiger partial charge in [0, 0.05) is 43.2 Å². The first-order chi connectivity index (χ1) is 13.6. The van der Waals surface area contributed by atoms with Crippen LogP contribution >= 0.6 is 0 Å². The van der Waals surface area contributed by atoms with Gasteiger partial charge in [0.25, 0.3) is 0 Å². The number of nitrogens with one attached hydrogen (secondary N) is 1. The van der Waals surface area contributed by atoms with Gasteiger partial charge in [-0.3, -0.25) is 4.98 Å². The molecule has 0 fully saturated rings. The van der Waals surface area contributed by atoms with E-state index < -0.39 is 6.29 Å².